The van der Waals surface area contributed by atoms with Crippen molar-refractivity contribution >= 4 is 5.96 Å². The molecule has 1 unspecified atom stereocenters. The quantitative estimate of drug-likeness (QED) is 0.408. The zero-order chi connectivity index (χ0) is 17.0. The van der Waals surface area contributed by atoms with E-state index in [2.05, 4.69) is 27.8 Å². The van der Waals surface area contributed by atoms with Gasteiger partial charge in [0.2, 0.25) is 0 Å². The smallest absolute Gasteiger partial charge is 0.191 e. The molecule has 1 atom stereocenters. The molecule has 1 aromatic rings. The molecule has 1 fully saturated rings. The fourth-order valence-electron chi connectivity index (χ4n) is 2.60. The van der Waals surface area contributed by atoms with Gasteiger partial charge in [0.05, 0.1) is 19.3 Å². The molecule has 24 heavy (non-hydrogen) atoms. The van der Waals surface area contributed by atoms with E-state index < -0.39 is 0 Å². The van der Waals surface area contributed by atoms with Crippen molar-refractivity contribution in [3.05, 3.63) is 35.4 Å². The number of nitrogens with one attached hydrogen (secondary N) is 2. The largest absolute Gasteiger partial charge is 0.380 e. The van der Waals surface area contributed by atoms with Crippen LogP contribution in [0.1, 0.15) is 24.0 Å². The van der Waals surface area contributed by atoms with Gasteiger partial charge in [0, 0.05) is 40.5 Å². The van der Waals surface area contributed by atoms with E-state index in [0.717, 1.165) is 51.7 Å². The van der Waals surface area contributed by atoms with E-state index in [1.54, 1.807) is 14.2 Å². The van der Waals surface area contributed by atoms with Crippen LogP contribution >= 0.6 is 0 Å². The molecule has 2 rings (SSSR count). The Hall–Kier alpha value is -1.63. The molecule has 1 aliphatic rings. The van der Waals surface area contributed by atoms with E-state index in [1.807, 2.05) is 12.1 Å². The predicted molar refractivity (Wildman–Crippen MR) is 95.1 cm³/mol. The predicted octanol–water partition coefficient (Wildman–Crippen LogP) is 1.69. The van der Waals surface area contributed by atoms with E-state index >= 15 is 0 Å². The molecule has 6 heteroatoms. The third-order valence-electron chi connectivity index (χ3n) is 3.94. The molecule has 0 bridgehead atoms. The van der Waals surface area contributed by atoms with Crippen molar-refractivity contribution in [2.24, 2.45) is 4.99 Å². The van der Waals surface area contributed by atoms with Gasteiger partial charge in [0.15, 0.2) is 5.96 Å². The summed E-state index contributed by atoms with van der Waals surface area (Å²) in [6.45, 7) is 4.46. The number of guanidine groups is 1. The Kier molecular flexibility index (Phi) is 8.59. The number of aliphatic imine (C=N–C) groups is 1. The normalized spacial score (nSPS) is 17.9. The Labute approximate surface area is 144 Å². The van der Waals surface area contributed by atoms with Gasteiger partial charge in [-0.2, -0.15) is 0 Å². The van der Waals surface area contributed by atoms with Crippen LogP contribution in [0.15, 0.2) is 29.3 Å². The molecule has 1 saturated heterocycles. The number of ether oxygens (including phenoxy) is 3. The van der Waals surface area contributed by atoms with Gasteiger partial charge >= 0.3 is 0 Å². The van der Waals surface area contributed by atoms with Gasteiger partial charge in [0.25, 0.3) is 0 Å². The average molecular weight is 335 g/mol. The van der Waals surface area contributed by atoms with Crippen molar-refractivity contribution in [3.63, 3.8) is 0 Å². The first-order chi connectivity index (χ1) is 11.8. The van der Waals surface area contributed by atoms with Gasteiger partial charge in [-0.15, -0.1) is 0 Å². The van der Waals surface area contributed by atoms with Crippen molar-refractivity contribution in [2.75, 3.05) is 40.5 Å². The molecule has 2 N–H and O–H groups in total. The maximum atomic E-state index is 5.75. The summed E-state index contributed by atoms with van der Waals surface area (Å²) in [7, 11) is 3.49. The van der Waals surface area contributed by atoms with Gasteiger partial charge in [-0.1, -0.05) is 24.3 Å². The summed E-state index contributed by atoms with van der Waals surface area (Å²) < 4.78 is 16.3. The van der Waals surface area contributed by atoms with E-state index in [-0.39, 0.29) is 6.10 Å². The van der Waals surface area contributed by atoms with Gasteiger partial charge in [-0.25, -0.2) is 0 Å². The van der Waals surface area contributed by atoms with Crippen LogP contribution in [0.5, 0.6) is 0 Å². The topological polar surface area (TPSA) is 64.1 Å². The van der Waals surface area contributed by atoms with Crippen LogP contribution < -0.4 is 10.6 Å². The summed E-state index contributed by atoms with van der Waals surface area (Å²) in [6.07, 6.45) is 2.23. The first kappa shape index (κ1) is 18.7. The fraction of sp³-hybridized carbons (Fsp3) is 0.611. The lowest BCUT2D eigenvalue weighted by Crippen LogP contribution is -2.37. The molecular weight excluding hydrogens is 306 g/mol. The highest BCUT2D eigenvalue weighted by atomic mass is 16.5. The maximum absolute atomic E-state index is 5.75. The number of nitrogens with zero attached hydrogens (tertiary/aromatic N) is 1. The van der Waals surface area contributed by atoms with Crippen LogP contribution in [0, 0.1) is 0 Å². The molecular formula is C18H29N3O3. The summed E-state index contributed by atoms with van der Waals surface area (Å²) in [5, 5.41) is 6.65. The lowest BCUT2D eigenvalue weighted by molar-refractivity contribution is 0.0420. The number of rotatable bonds is 9. The van der Waals surface area contributed by atoms with E-state index in [9.17, 15) is 0 Å². The SMILES string of the molecule is CN=C(NCCCOC1CCOC1)NCc1ccccc1COC. The molecule has 134 valence electrons. The van der Waals surface area contributed by atoms with Crippen molar-refractivity contribution in [1.82, 2.24) is 10.6 Å². The lowest BCUT2D eigenvalue weighted by Gasteiger charge is -2.14. The summed E-state index contributed by atoms with van der Waals surface area (Å²) >= 11 is 0. The van der Waals surface area contributed by atoms with Gasteiger partial charge in [-0.3, -0.25) is 4.99 Å². The zero-order valence-electron chi connectivity index (χ0n) is 14.7. The zero-order valence-corrected chi connectivity index (χ0v) is 14.7. The Morgan fingerprint density at radius 2 is 2.12 bits per heavy atom. The average Bonchev–Trinajstić information content (AvgIpc) is 3.12. The van der Waals surface area contributed by atoms with E-state index in [4.69, 9.17) is 14.2 Å². The van der Waals surface area contributed by atoms with Crippen LogP contribution in [-0.2, 0) is 27.4 Å². The van der Waals surface area contributed by atoms with E-state index in [1.165, 1.54) is 11.1 Å². The maximum Gasteiger partial charge on any atom is 0.191 e. The standard InChI is InChI=1S/C18H29N3O3/c1-19-18(20-9-5-10-24-17-8-11-23-14-17)21-12-15-6-3-4-7-16(15)13-22-2/h3-4,6-7,17H,5,8-14H2,1-2H3,(H2,19,20,21). The molecule has 0 aliphatic carbocycles. The van der Waals surface area contributed by atoms with Crippen molar-refractivity contribution < 1.29 is 14.2 Å². The molecule has 6 nitrogen and oxygen atoms in total. The minimum atomic E-state index is 0.278. The molecule has 0 aromatic heterocycles. The minimum absolute atomic E-state index is 0.278. The first-order valence-corrected chi connectivity index (χ1v) is 8.53. The van der Waals surface area contributed by atoms with Crippen molar-refractivity contribution in [1.29, 1.82) is 0 Å². The molecule has 1 heterocycles. The van der Waals surface area contributed by atoms with Crippen LogP contribution in [0.25, 0.3) is 0 Å². The van der Waals surface area contributed by atoms with Gasteiger partial charge < -0.3 is 24.8 Å². The van der Waals surface area contributed by atoms with Crippen LogP contribution in [-0.4, -0.2) is 52.6 Å². The highest BCUT2D eigenvalue weighted by Gasteiger charge is 2.15. The Morgan fingerprint density at radius 1 is 1.29 bits per heavy atom. The summed E-state index contributed by atoms with van der Waals surface area (Å²) in [4.78, 5) is 4.26. The second-order valence-corrected chi connectivity index (χ2v) is 5.76. The van der Waals surface area contributed by atoms with Gasteiger partial charge in [0.1, 0.15) is 0 Å². The molecule has 0 amide bonds. The molecule has 0 saturated carbocycles. The molecule has 1 aliphatic heterocycles. The highest BCUT2D eigenvalue weighted by molar-refractivity contribution is 5.79. The fourth-order valence-corrected chi connectivity index (χ4v) is 2.60. The lowest BCUT2D eigenvalue weighted by atomic mass is 10.1. The molecule has 1 aromatic carbocycles. The van der Waals surface area contributed by atoms with E-state index in [0.29, 0.717) is 6.61 Å². The third-order valence-corrected chi connectivity index (χ3v) is 3.94. The number of benzene rings is 1. The Morgan fingerprint density at radius 3 is 2.83 bits per heavy atom. The minimum Gasteiger partial charge on any atom is -0.380 e. The number of methoxy groups -OCH3 is 1. The summed E-state index contributed by atoms with van der Waals surface area (Å²) in [6, 6.07) is 8.25. The second kappa shape index (κ2) is 11.0. The molecule has 0 spiro atoms. The summed E-state index contributed by atoms with van der Waals surface area (Å²) in [5.74, 6) is 0.798. The highest BCUT2D eigenvalue weighted by Crippen LogP contribution is 2.09. The second-order valence-electron chi connectivity index (χ2n) is 5.76. The van der Waals surface area contributed by atoms with Crippen LogP contribution in [0.2, 0.25) is 0 Å². The number of hydrogen-bond acceptors (Lipinski definition) is 4. The van der Waals surface area contributed by atoms with Crippen LogP contribution in [0.4, 0.5) is 0 Å². The first-order valence-electron chi connectivity index (χ1n) is 8.53. The Bertz CT molecular complexity index is 502. The molecule has 0 radical (unpaired) electrons. The van der Waals surface area contributed by atoms with Crippen LogP contribution in [0.3, 0.4) is 0 Å². The third kappa shape index (κ3) is 6.47. The van der Waals surface area contributed by atoms with Crippen molar-refractivity contribution in [2.45, 2.75) is 32.1 Å². The van der Waals surface area contributed by atoms with Gasteiger partial charge in [-0.05, 0) is 24.0 Å². The van der Waals surface area contributed by atoms with Crippen molar-refractivity contribution in [3.8, 4) is 0 Å². The number of hydrogen-bond donors (Lipinski definition) is 2. The summed E-state index contributed by atoms with van der Waals surface area (Å²) in [5.41, 5.74) is 2.40. The monoisotopic (exact) mass is 335 g/mol. The Balaban J connectivity index is 1.65.